The quantitative estimate of drug-likeness (QED) is 0.714. The molecule has 0 atom stereocenters. The molecule has 2 aliphatic rings. The number of anilines is 2. The molecule has 2 heterocycles. The lowest BCUT2D eigenvalue weighted by Crippen LogP contribution is -2.22. The number of halogens is 1. The van der Waals surface area contributed by atoms with Gasteiger partial charge in [-0.05, 0) is 49.4 Å². The molecule has 0 aliphatic heterocycles. The molecular formula is C21H24ClN5. The van der Waals surface area contributed by atoms with Crippen molar-refractivity contribution in [2.45, 2.75) is 51.0 Å². The van der Waals surface area contributed by atoms with Gasteiger partial charge in [0.2, 0.25) is 0 Å². The van der Waals surface area contributed by atoms with Crippen molar-refractivity contribution in [3.05, 3.63) is 35.6 Å². The van der Waals surface area contributed by atoms with Crippen molar-refractivity contribution in [3.8, 4) is 17.2 Å². The number of rotatable bonds is 6. The molecule has 0 bridgehead atoms. The van der Waals surface area contributed by atoms with Crippen molar-refractivity contribution < 1.29 is 0 Å². The minimum absolute atomic E-state index is 0.205. The molecule has 140 valence electrons. The normalized spacial score (nSPS) is 18.5. The fourth-order valence-electron chi connectivity index (χ4n) is 3.63. The van der Waals surface area contributed by atoms with Crippen LogP contribution in [-0.2, 0) is 0 Å². The Morgan fingerprint density at radius 1 is 1.15 bits per heavy atom. The van der Waals surface area contributed by atoms with Crippen LogP contribution in [0.2, 0.25) is 5.02 Å². The molecule has 0 saturated heterocycles. The Morgan fingerprint density at radius 2 is 1.96 bits per heavy atom. The topological polar surface area (TPSA) is 73.6 Å². The maximum atomic E-state index is 9.23. The van der Waals surface area contributed by atoms with Crippen LogP contribution in [0.3, 0.4) is 0 Å². The minimum atomic E-state index is -0.205. The first-order valence-electron chi connectivity index (χ1n) is 9.71. The lowest BCUT2D eigenvalue weighted by molar-refractivity contribution is 0.462. The summed E-state index contributed by atoms with van der Waals surface area (Å²) in [5.74, 6) is 1.64. The van der Waals surface area contributed by atoms with Crippen molar-refractivity contribution in [1.29, 1.82) is 5.26 Å². The summed E-state index contributed by atoms with van der Waals surface area (Å²) in [6, 6.07) is 8.85. The van der Waals surface area contributed by atoms with Gasteiger partial charge in [-0.1, -0.05) is 30.9 Å². The predicted octanol–water partition coefficient (Wildman–Crippen LogP) is 5.26. The van der Waals surface area contributed by atoms with Crippen LogP contribution >= 0.6 is 11.6 Å². The van der Waals surface area contributed by atoms with Gasteiger partial charge in [0.1, 0.15) is 11.6 Å². The van der Waals surface area contributed by atoms with Crippen molar-refractivity contribution in [3.63, 3.8) is 0 Å². The fraction of sp³-hybridized carbons (Fsp3) is 0.476. The van der Waals surface area contributed by atoms with Crippen LogP contribution < -0.4 is 10.6 Å². The van der Waals surface area contributed by atoms with Gasteiger partial charge >= 0.3 is 0 Å². The van der Waals surface area contributed by atoms with Gasteiger partial charge in [0.25, 0.3) is 0 Å². The molecule has 0 radical (unpaired) electrons. The van der Waals surface area contributed by atoms with Gasteiger partial charge in [-0.2, -0.15) is 5.26 Å². The standard InChI is InChI=1S/C21H24ClN5/c22-18-12-25-20(27-16-4-2-1-3-5-16)11-17(18)15-6-9-24-19(10-15)26-14-21(13-23)7-8-21/h6,9-12,16H,1-5,7-8,14H2,(H,24,26)(H,25,27). The van der Waals surface area contributed by atoms with E-state index in [2.05, 4.69) is 26.7 Å². The second-order valence-corrected chi connectivity index (χ2v) is 8.11. The van der Waals surface area contributed by atoms with Crippen molar-refractivity contribution in [2.75, 3.05) is 17.2 Å². The highest BCUT2D eigenvalue weighted by Crippen LogP contribution is 2.44. The van der Waals surface area contributed by atoms with E-state index in [1.165, 1.54) is 32.1 Å². The Bertz CT molecular complexity index is 850. The average molecular weight is 382 g/mol. The molecule has 2 aromatic rings. The zero-order valence-electron chi connectivity index (χ0n) is 15.3. The Labute approximate surface area is 165 Å². The lowest BCUT2D eigenvalue weighted by Gasteiger charge is -2.23. The summed E-state index contributed by atoms with van der Waals surface area (Å²) in [6.45, 7) is 0.637. The van der Waals surface area contributed by atoms with Gasteiger partial charge in [0.15, 0.2) is 0 Å². The van der Waals surface area contributed by atoms with E-state index < -0.39 is 0 Å². The van der Waals surface area contributed by atoms with Crippen LogP contribution in [-0.4, -0.2) is 22.6 Å². The molecule has 2 fully saturated rings. The van der Waals surface area contributed by atoms with Crippen molar-refractivity contribution >= 4 is 23.2 Å². The second-order valence-electron chi connectivity index (χ2n) is 7.70. The molecule has 27 heavy (non-hydrogen) atoms. The van der Waals surface area contributed by atoms with Gasteiger partial charge in [0, 0.05) is 30.5 Å². The highest BCUT2D eigenvalue weighted by atomic mass is 35.5. The number of pyridine rings is 2. The van der Waals surface area contributed by atoms with E-state index in [1.807, 2.05) is 18.2 Å². The number of nitriles is 1. The molecule has 2 aliphatic carbocycles. The molecule has 0 amide bonds. The first-order valence-corrected chi connectivity index (χ1v) is 10.1. The van der Waals surface area contributed by atoms with Crippen molar-refractivity contribution in [1.82, 2.24) is 9.97 Å². The first kappa shape index (κ1) is 18.1. The van der Waals surface area contributed by atoms with Crippen LogP contribution in [0.4, 0.5) is 11.6 Å². The summed E-state index contributed by atoms with van der Waals surface area (Å²) >= 11 is 6.43. The SMILES string of the molecule is N#CC1(CNc2cc(-c3cc(NC4CCCCC4)ncc3Cl)ccn2)CC1. The Hall–Kier alpha value is -2.32. The highest BCUT2D eigenvalue weighted by molar-refractivity contribution is 6.33. The molecule has 0 unspecified atom stereocenters. The lowest BCUT2D eigenvalue weighted by atomic mass is 9.95. The second kappa shape index (κ2) is 7.74. The maximum Gasteiger partial charge on any atom is 0.126 e. The number of nitrogens with one attached hydrogen (secondary N) is 2. The maximum absolute atomic E-state index is 9.23. The summed E-state index contributed by atoms with van der Waals surface area (Å²) in [5.41, 5.74) is 1.73. The molecule has 0 spiro atoms. The summed E-state index contributed by atoms with van der Waals surface area (Å²) in [5, 5.41) is 16.7. The largest absolute Gasteiger partial charge is 0.368 e. The first-order chi connectivity index (χ1) is 13.2. The van der Waals surface area contributed by atoms with E-state index in [9.17, 15) is 5.26 Å². The molecule has 4 rings (SSSR count). The van der Waals surface area contributed by atoms with E-state index >= 15 is 0 Å². The monoisotopic (exact) mass is 381 g/mol. The number of hydrogen-bond acceptors (Lipinski definition) is 5. The predicted molar refractivity (Wildman–Crippen MR) is 109 cm³/mol. The van der Waals surface area contributed by atoms with Crippen LogP contribution in [0.5, 0.6) is 0 Å². The smallest absolute Gasteiger partial charge is 0.126 e. The molecule has 6 heteroatoms. The third-order valence-corrected chi connectivity index (χ3v) is 5.88. The average Bonchev–Trinajstić information content (AvgIpc) is 3.50. The van der Waals surface area contributed by atoms with Gasteiger partial charge in [-0.3, -0.25) is 0 Å². The van der Waals surface area contributed by atoms with E-state index in [4.69, 9.17) is 11.6 Å². The number of nitrogens with zero attached hydrogens (tertiary/aromatic N) is 3. The van der Waals surface area contributed by atoms with Gasteiger partial charge < -0.3 is 10.6 Å². The molecule has 5 nitrogen and oxygen atoms in total. The molecule has 2 N–H and O–H groups in total. The Morgan fingerprint density at radius 3 is 2.70 bits per heavy atom. The number of aromatic nitrogens is 2. The van der Waals surface area contributed by atoms with Crippen LogP contribution in [0, 0.1) is 16.7 Å². The van der Waals surface area contributed by atoms with E-state index in [0.29, 0.717) is 17.6 Å². The summed E-state index contributed by atoms with van der Waals surface area (Å²) in [4.78, 5) is 8.84. The van der Waals surface area contributed by atoms with E-state index in [-0.39, 0.29) is 5.41 Å². The third kappa shape index (κ3) is 4.33. The molecular weight excluding hydrogens is 358 g/mol. The van der Waals surface area contributed by atoms with Crippen LogP contribution in [0.25, 0.3) is 11.1 Å². The molecule has 2 aromatic heterocycles. The zero-order valence-corrected chi connectivity index (χ0v) is 16.1. The van der Waals surface area contributed by atoms with Crippen molar-refractivity contribution in [2.24, 2.45) is 5.41 Å². The molecule has 0 aromatic carbocycles. The van der Waals surface area contributed by atoms with E-state index in [1.54, 1.807) is 12.4 Å². The molecule has 2 saturated carbocycles. The summed E-state index contributed by atoms with van der Waals surface area (Å²) in [6.07, 6.45) is 11.7. The summed E-state index contributed by atoms with van der Waals surface area (Å²) in [7, 11) is 0. The van der Waals surface area contributed by atoms with Crippen LogP contribution in [0.15, 0.2) is 30.6 Å². The Balaban J connectivity index is 1.51. The van der Waals surface area contributed by atoms with Gasteiger partial charge in [0.05, 0.1) is 16.5 Å². The highest BCUT2D eigenvalue weighted by Gasteiger charge is 2.42. The number of hydrogen-bond donors (Lipinski definition) is 2. The van der Waals surface area contributed by atoms with Crippen LogP contribution in [0.1, 0.15) is 44.9 Å². The van der Waals surface area contributed by atoms with Gasteiger partial charge in [-0.15, -0.1) is 0 Å². The fourth-order valence-corrected chi connectivity index (χ4v) is 3.84. The minimum Gasteiger partial charge on any atom is -0.368 e. The third-order valence-electron chi connectivity index (χ3n) is 5.58. The Kier molecular flexibility index (Phi) is 5.18. The van der Waals surface area contributed by atoms with Gasteiger partial charge in [-0.25, -0.2) is 9.97 Å². The van der Waals surface area contributed by atoms with E-state index in [0.717, 1.165) is 35.6 Å². The zero-order chi connectivity index (χ0) is 18.7. The summed E-state index contributed by atoms with van der Waals surface area (Å²) < 4.78 is 0.